The Balaban J connectivity index is 3.67. The predicted molar refractivity (Wildman–Crippen MR) is 66.8 cm³/mol. The number of unbranched alkanes of at least 4 members (excludes halogenated alkanes) is 2. The SMILES string of the molecule is CCCCCC(C)NC(=O)CN[C@@H](C)C(=O)O. The molecule has 0 aromatic rings. The van der Waals surface area contributed by atoms with Crippen LogP contribution in [-0.4, -0.2) is 35.6 Å². The summed E-state index contributed by atoms with van der Waals surface area (Å²) in [6.45, 7) is 5.67. The molecule has 100 valence electrons. The van der Waals surface area contributed by atoms with Crippen LogP contribution in [0.1, 0.15) is 46.5 Å². The number of nitrogens with one attached hydrogen (secondary N) is 2. The zero-order valence-corrected chi connectivity index (χ0v) is 11.0. The quantitative estimate of drug-likeness (QED) is 0.531. The summed E-state index contributed by atoms with van der Waals surface area (Å²) >= 11 is 0. The molecule has 0 aromatic heterocycles. The maximum Gasteiger partial charge on any atom is 0.320 e. The van der Waals surface area contributed by atoms with Crippen molar-refractivity contribution in [1.82, 2.24) is 10.6 Å². The Hall–Kier alpha value is -1.10. The van der Waals surface area contributed by atoms with Gasteiger partial charge in [0.05, 0.1) is 6.54 Å². The molecule has 0 saturated heterocycles. The molecule has 0 radical (unpaired) electrons. The molecule has 3 N–H and O–H groups in total. The summed E-state index contributed by atoms with van der Waals surface area (Å²) in [5.74, 6) is -1.10. The zero-order valence-electron chi connectivity index (χ0n) is 11.0. The van der Waals surface area contributed by atoms with Crippen molar-refractivity contribution >= 4 is 11.9 Å². The van der Waals surface area contributed by atoms with E-state index in [9.17, 15) is 9.59 Å². The van der Waals surface area contributed by atoms with Crippen molar-refractivity contribution in [3.63, 3.8) is 0 Å². The molecule has 17 heavy (non-hydrogen) atoms. The van der Waals surface area contributed by atoms with Crippen molar-refractivity contribution in [2.45, 2.75) is 58.5 Å². The summed E-state index contributed by atoms with van der Waals surface area (Å²) in [5.41, 5.74) is 0. The van der Waals surface area contributed by atoms with Gasteiger partial charge in [-0.25, -0.2) is 0 Å². The largest absolute Gasteiger partial charge is 0.480 e. The molecule has 0 bridgehead atoms. The number of carboxylic acid groups (broad SMARTS) is 1. The van der Waals surface area contributed by atoms with E-state index in [1.807, 2.05) is 6.92 Å². The van der Waals surface area contributed by atoms with E-state index in [2.05, 4.69) is 17.6 Å². The van der Waals surface area contributed by atoms with Crippen molar-refractivity contribution in [2.75, 3.05) is 6.54 Å². The average molecular weight is 244 g/mol. The first-order valence-corrected chi connectivity index (χ1v) is 6.23. The van der Waals surface area contributed by atoms with Crippen LogP contribution in [0.15, 0.2) is 0 Å². The minimum absolute atomic E-state index is 0.0472. The molecule has 2 atom stereocenters. The Kier molecular flexibility index (Phi) is 8.40. The van der Waals surface area contributed by atoms with E-state index >= 15 is 0 Å². The topological polar surface area (TPSA) is 78.4 Å². The van der Waals surface area contributed by atoms with E-state index in [4.69, 9.17) is 5.11 Å². The number of amides is 1. The lowest BCUT2D eigenvalue weighted by molar-refractivity contribution is -0.139. The number of rotatable bonds is 9. The van der Waals surface area contributed by atoms with Gasteiger partial charge in [0.15, 0.2) is 0 Å². The lowest BCUT2D eigenvalue weighted by Crippen LogP contribution is -2.43. The summed E-state index contributed by atoms with van der Waals surface area (Å²) in [7, 11) is 0. The number of carbonyl (C=O) groups excluding carboxylic acids is 1. The van der Waals surface area contributed by atoms with Crippen LogP contribution in [0.5, 0.6) is 0 Å². The molecule has 5 nitrogen and oxygen atoms in total. The molecule has 0 aromatic carbocycles. The van der Waals surface area contributed by atoms with Crippen LogP contribution in [0.3, 0.4) is 0 Å². The van der Waals surface area contributed by atoms with E-state index in [0.29, 0.717) is 0 Å². The lowest BCUT2D eigenvalue weighted by atomic mass is 10.1. The molecule has 0 saturated carbocycles. The molecular formula is C12H24N2O3. The minimum atomic E-state index is -0.950. The van der Waals surface area contributed by atoms with Gasteiger partial charge in [-0.1, -0.05) is 26.2 Å². The summed E-state index contributed by atoms with van der Waals surface area (Å²) in [6.07, 6.45) is 4.41. The van der Waals surface area contributed by atoms with E-state index in [1.54, 1.807) is 0 Å². The van der Waals surface area contributed by atoms with Crippen LogP contribution in [0.4, 0.5) is 0 Å². The van der Waals surface area contributed by atoms with Crippen molar-refractivity contribution < 1.29 is 14.7 Å². The van der Waals surface area contributed by atoms with Gasteiger partial charge in [-0.3, -0.25) is 14.9 Å². The van der Waals surface area contributed by atoms with Crippen LogP contribution in [0.2, 0.25) is 0 Å². The van der Waals surface area contributed by atoms with Gasteiger partial charge in [-0.05, 0) is 20.3 Å². The molecular weight excluding hydrogens is 220 g/mol. The predicted octanol–water partition coefficient (Wildman–Crippen LogP) is 1.13. The summed E-state index contributed by atoms with van der Waals surface area (Å²) in [6, 6.07) is -0.549. The summed E-state index contributed by atoms with van der Waals surface area (Å²) in [4.78, 5) is 22.0. The van der Waals surface area contributed by atoms with Gasteiger partial charge in [-0.15, -0.1) is 0 Å². The van der Waals surface area contributed by atoms with E-state index in [0.717, 1.165) is 12.8 Å². The fraction of sp³-hybridized carbons (Fsp3) is 0.833. The first-order chi connectivity index (χ1) is 7.97. The summed E-state index contributed by atoms with van der Waals surface area (Å²) < 4.78 is 0. The molecule has 1 unspecified atom stereocenters. The molecule has 5 heteroatoms. The number of hydrogen-bond donors (Lipinski definition) is 3. The van der Waals surface area contributed by atoms with Gasteiger partial charge in [0.25, 0.3) is 0 Å². The monoisotopic (exact) mass is 244 g/mol. The van der Waals surface area contributed by atoms with Crippen LogP contribution in [0, 0.1) is 0 Å². The Labute approximate surface area is 103 Å². The molecule has 0 aliphatic rings. The fourth-order valence-electron chi connectivity index (χ4n) is 1.43. The molecule has 0 heterocycles. The smallest absolute Gasteiger partial charge is 0.320 e. The number of carboxylic acids is 1. The van der Waals surface area contributed by atoms with Gasteiger partial charge in [-0.2, -0.15) is 0 Å². The molecule has 0 spiro atoms. The first kappa shape index (κ1) is 15.9. The van der Waals surface area contributed by atoms with Gasteiger partial charge < -0.3 is 10.4 Å². The highest BCUT2D eigenvalue weighted by Crippen LogP contribution is 2.02. The van der Waals surface area contributed by atoms with Crippen LogP contribution >= 0.6 is 0 Å². The van der Waals surface area contributed by atoms with Crippen molar-refractivity contribution in [1.29, 1.82) is 0 Å². The van der Waals surface area contributed by atoms with Crippen molar-refractivity contribution in [3.05, 3.63) is 0 Å². The molecule has 0 aliphatic heterocycles. The van der Waals surface area contributed by atoms with Gasteiger partial charge in [0.1, 0.15) is 6.04 Å². The van der Waals surface area contributed by atoms with E-state index < -0.39 is 12.0 Å². The van der Waals surface area contributed by atoms with Crippen LogP contribution in [-0.2, 0) is 9.59 Å². The molecule has 0 fully saturated rings. The second-order valence-electron chi connectivity index (χ2n) is 4.41. The number of carbonyl (C=O) groups is 2. The normalized spacial score (nSPS) is 14.1. The number of aliphatic carboxylic acids is 1. The lowest BCUT2D eigenvalue weighted by Gasteiger charge is -2.15. The first-order valence-electron chi connectivity index (χ1n) is 6.23. The van der Waals surface area contributed by atoms with Gasteiger partial charge >= 0.3 is 5.97 Å². The maximum absolute atomic E-state index is 11.4. The van der Waals surface area contributed by atoms with Gasteiger partial charge in [0, 0.05) is 6.04 Å². The minimum Gasteiger partial charge on any atom is -0.480 e. The highest BCUT2D eigenvalue weighted by atomic mass is 16.4. The van der Waals surface area contributed by atoms with Crippen LogP contribution < -0.4 is 10.6 Å². The second-order valence-corrected chi connectivity index (χ2v) is 4.41. The molecule has 0 aliphatic carbocycles. The Bertz CT molecular complexity index is 244. The Morgan fingerprint density at radius 1 is 1.24 bits per heavy atom. The van der Waals surface area contributed by atoms with E-state index in [1.165, 1.54) is 19.8 Å². The standard InChI is InChI=1S/C12H24N2O3/c1-4-5-6-7-9(2)14-11(15)8-13-10(3)12(16)17/h9-10,13H,4-8H2,1-3H3,(H,14,15)(H,16,17)/t9?,10-/m0/s1. The summed E-state index contributed by atoms with van der Waals surface area (Å²) in [5, 5.41) is 14.1. The highest BCUT2D eigenvalue weighted by molar-refractivity contribution is 5.79. The fourth-order valence-corrected chi connectivity index (χ4v) is 1.43. The highest BCUT2D eigenvalue weighted by Gasteiger charge is 2.12. The number of hydrogen-bond acceptors (Lipinski definition) is 3. The van der Waals surface area contributed by atoms with Gasteiger partial charge in [0.2, 0.25) is 5.91 Å². The Morgan fingerprint density at radius 2 is 1.88 bits per heavy atom. The molecule has 1 amide bonds. The average Bonchev–Trinajstić information content (AvgIpc) is 2.26. The third-order valence-corrected chi connectivity index (χ3v) is 2.59. The Morgan fingerprint density at radius 3 is 2.41 bits per heavy atom. The van der Waals surface area contributed by atoms with Crippen molar-refractivity contribution in [3.8, 4) is 0 Å². The maximum atomic E-state index is 11.4. The van der Waals surface area contributed by atoms with Crippen LogP contribution in [0.25, 0.3) is 0 Å². The second kappa shape index (κ2) is 8.98. The molecule has 0 rings (SSSR count). The third-order valence-electron chi connectivity index (χ3n) is 2.59. The van der Waals surface area contributed by atoms with E-state index in [-0.39, 0.29) is 18.5 Å². The zero-order chi connectivity index (χ0) is 13.3. The third kappa shape index (κ3) is 8.68. The van der Waals surface area contributed by atoms with Crippen molar-refractivity contribution in [2.24, 2.45) is 0 Å².